The maximum absolute atomic E-state index is 5.76. The van der Waals surface area contributed by atoms with Gasteiger partial charge in [-0.15, -0.1) is 0 Å². The van der Waals surface area contributed by atoms with E-state index in [4.69, 9.17) is 15.2 Å². The Hall–Kier alpha value is -2.16. The summed E-state index contributed by atoms with van der Waals surface area (Å²) in [6.07, 6.45) is 0.834. The third kappa shape index (κ3) is 4.69. The van der Waals surface area contributed by atoms with Crippen LogP contribution in [-0.4, -0.2) is 13.2 Å². The molecule has 22 heavy (non-hydrogen) atoms. The topological polar surface area (TPSA) is 44.5 Å². The Labute approximate surface area is 133 Å². The molecule has 0 aliphatic rings. The highest BCUT2D eigenvalue weighted by molar-refractivity contribution is 5.47. The first kappa shape index (κ1) is 16.2. The van der Waals surface area contributed by atoms with Gasteiger partial charge in [0.2, 0.25) is 0 Å². The number of nitrogen functional groups attached to an aromatic ring is 1. The fourth-order valence-corrected chi connectivity index (χ4v) is 2.15. The lowest BCUT2D eigenvalue weighted by atomic mass is 10.0. The lowest BCUT2D eigenvalue weighted by molar-refractivity contribution is 0.246. The van der Waals surface area contributed by atoms with Crippen LogP contribution in [0.3, 0.4) is 0 Å². The molecular weight excluding hydrogens is 274 g/mol. The number of anilines is 1. The molecule has 0 heterocycles. The average Bonchev–Trinajstić information content (AvgIpc) is 2.50. The van der Waals surface area contributed by atoms with Gasteiger partial charge in [0.05, 0.1) is 13.2 Å². The molecule has 0 amide bonds. The predicted octanol–water partition coefficient (Wildman–Crippen LogP) is 4.55. The molecule has 0 aromatic heterocycles. The third-order valence-electron chi connectivity index (χ3n) is 3.57. The second-order valence-corrected chi connectivity index (χ2v) is 5.80. The van der Waals surface area contributed by atoms with Crippen molar-refractivity contribution in [2.45, 2.75) is 33.1 Å². The van der Waals surface area contributed by atoms with Gasteiger partial charge in [-0.3, -0.25) is 0 Å². The van der Waals surface area contributed by atoms with Crippen LogP contribution in [0.2, 0.25) is 0 Å². The van der Waals surface area contributed by atoms with Gasteiger partial charge in [-0.1, -0.05) is 32.0 Å². The van der Waals surface area contributed by atoms with E-state index in [1.807, 2.05) is 37.3 Å². The zero-order valence-corrected chi connectivity index (χ0v) is 13.6. The zero-order valence-electron chi connectivity index (χ0n) is 13.6. The summed E-state index contributed by atoms with van der Waals surface area (Å²) in [5, 5.41) is 0. The Balaban J connectivity index is 1.72. The van der Waals surface area contributed by atoms with Crippen LogP contribution in [0.4, 0.5) is 5.69 Å². The fraction of sp³-hybridized carbons (Fsp3) is 0.368. The second-order valence-electron chi connectivity index (χ2n) is 5.80. The average molecular weight is 299 g/mol. The second kappa shape index (κ2) is 7.74. The van der Waals surface area contributed by atoms with Gasteiger partial charge in [-0.2, -0.15) is 0 Å². The standard InChI is InChI=1S/C19H25NO2/c1-14(2)16-6-9-18(10-7-16)21-11-4-12-22-19-13-17(20)8-5-15(19)3/h5-10,13-14H,4,11-12,20H2,1-3H3. The molecule has 0 radical (unpaired) electrons. The summed E-state index contributed by atoms with van der Waals surface area (Å²) in [6.45, 7) is 7.65. The summed E-state index contributed by atoms with van der Waals surface area (Å²) in [4.78, 5) is 0. The van der Waals surface area contributed by atoms with E-state index in [9.17, 15) is 0 Å². The molecule has 0 saturated heterocycles. The van der Waals surface area contributed by atoms with Crippen LogP contribution >= 0.6 is 0 Å². The van der Waals surface area contributed by atoms with Crippen molar-refractivity contribution in [3.63, 3.8) is 0 Å². The lowest BCUT2D eigenvalue weighted by Gasteiger charge is -2.11. The van der Waals surface area contributed by atoms with Crippen molar-refractivity contribution >= 4 is 5.69 Å². The van der Waals surface area contributed by atoms with Gasteiger partial charge in [-0.05, 0) is 42.2 Å². The number of aryl methyl sites for hydroxylation is 1. The normalized spacial score (nSPS) is 10.7. The predicted molar refractivity (Wildman–Crippen MR) is 91.7 cm³/mol. The van der Waals surface area contributed by atoms with Crippen LogP contribution in [0.15, 0.2) is 42.5 Å². The van der Waals surface area contributed by atoms with E-state index in [0.717, 1.165) is 29.2 Å². The SMILES string of the molecule is Cc1ccc(N)cc1OCCCOc1ccc(C(C)C)cc1. The molecule has 2 N–H and O–H groups in total. The van der Waals surface area contributed by atoms with Crippen LogP contribution in [-0.2, 0) is 0 Å². The minimum atomic E-state index is 0.545. The van der Waals surface area contributed by atoms with E-state index in [2.05, 4.69) is 26.0 Å². The van der Waals surface area contributed by atoms with Crippen LogP contribution in [0.1, 0.15) is 37.3 Å². The molecule has 2 aromatic carbocycles. The molecule has 3 heteroatoms. The van der Waals surface area contributed by atoms with Crippen molar-refractivity contribution < 1.29 is 9.47 Å². The first-order valence-electron chi connectivity index (χ1n) is 7.78. The molecule has 0 saturated carbocycles. The molecule has 0 atom stereocenters. The maximum Gasteiger partial charge on any atom is 0.124 e. The van der Waals surface area contributed by atoms with Crippen molar-refractivity contribution in [1.82, 2.24) is 0 Å². The number of rotatable bonds is 7. The lowest BCUT2D eigenvalue weighted by Crippen LogP contribution is -2.06. The van der Waals surface area contributed by atoms with Crippen LogP contribution < -0.4 is 15.2 Å². The van der Waals surface area contributed by atoms with Gasteiger partial charge in [0.1, 0.15) is 11.5 Å². The molecular formula is C19H25NO2. The Morgan fingerprint density at radius 3 is 2.32 bits per heavy atom. The Morgan fingerprint density at radius 2 is 1.64 bits per heavy atom. The summed E-state index contributed by atoms with van der Waals surface area (Å²) in [7, 11) is 0. The maximum atomic E-state index is 5.76. The summed E-state index contributed by atoms with van der Waals surface area (Å²) in [6, 6.07) is 14.0. The molecule has 0 fully saturated rings. The molecule has 0 aliphatic heterocycles. The number of hydrogen-bond acceptors (Lipinski definition) is 3. The molecule has 0 aliphatic carbocycles. The van der Waals surface area contributed by atoms with Crippen molar-refractivity contribution in [3.8, 4) is 11.5 Å². The summed E-state index contributed by atoms with van der Waals surface area (Å²) < 4.78 is 11.5. The smallest absolute Gasteiger partial charge is 0.124 e. The van der Waals surface area contributed by atoms with Gasteiger partial charge in [0.25, 0.3) is 0 Å². The summed E-state index contributed by atoms with van der Waals surface area (Å²) >= 11 is 0. The van der Waals surface area contributed by atoms with E-state index in [-0.39, 0.29) is 0 Å². The third-order valence-corrected chi connectivity index (χ3v) is 3.57. The van der Waals surface area contributed by atoms with Crippen molar-refractivity contribution in [1.29, 1.82) is 0 Å². The van der Waals surface area contributed by atoms with Gasteiger partial charge in [0, 0.05) is 18.2 Å². The minimum absolute atomic E-state index is 0.545. The molecule has 2 aromatic rings. The molecule has 0 unspecified atom stereocenters. The van der Waals surface area contributed by atoms with Crippen LogP contribution in [0, 0.1) is 6.92 Å². The number of nitrogens with two attached hydrogens (primary N) is 1. The van der Waals surface area contributed by atoms with Gasteiger partial charge in [0.15, 0.2) is 0 Å². The highest BCUT2D eigenvalue weighted by Gasteiger charge is 2.01. The van der Waals surface area contributed by atoms with Crippen molar-refractivity contribution in [3.05, 3.63) is 53.6 Å². The Morgan fingerprint density at radius 1 is 0.955 bits per heavy atom. The number of benzene rings is 2. The Kier molecular flexibility index (Phi) is 5.70. The van der Waals surface area contributed by atoms with Gasteiger partial charge < -0.3 is 15.2 Å². The van der Waals surface area contributed by atoms with Gasteiger partial charge in [-0.25, -0.2) is 0 Å². The minimum Gasteiger partial charge on any atom is -0.493 e. The van der Waals surface area contributed by atoms with E-state index >= 15 is 0 Å². The first-order valence-corrected chi connectivity index (χ1v) is 7.78. The van der Waals surface area contributed by atoms with Crippen LogP contribution in [0.5, 0.6) is 11.5 Å². The molecule has 2 rings (SSSR count). The van der Waals surface area contributed by atoms with Crippen LogP contribution in [0.25, 0.3) is 0 Å². The number of hydrogen-bond donors (Lipinski definition) is 1. The quantitative estimate of drug-likeness (QED) is 0.602. The molecule has 3 nitrogen and oxygen atoms in total. The first-order chi connectivity index (χ1) is 10.6. The summed E-state index contributed by atoms with van der Waals surface area (Å²) in [5.74, 6) is 2.30. The van der Waals surface area contributed by atoms with Crippen molar-refractivity contribution in [2.75, 3.05) is 18.9 Å². The largest absolute Gasteiger partial charge is 0.493 e. The van der Waals surface area contributed by atoms with E-state index < -0.39 is 0 Å². The fourth-order valence-electron chi connectivity index (χ4n) is 2.15. The number of ether oxygens (including phenoxy) is 2. The Bertz CT molecular complexity index is 591. The van der Waals surface area contributed by atoms with E-state index in [1.54, 1.807) is 0 Å². The van der Waals surface area contributed by atoms with Gasteiger partial charge >= 0.3 is 0 Å². The van der Waals surface area contributed by atoms with Crippen molar-refractivity contribution in [2.24, 2.45) is 0 Å². The van der Waals surface area contributed by atoms with E-state index in [1.165, 1.54) is 5.56 Å². The zero-order chi connectivity index (χ0) is 15.9. The highest BCUT2D eigenvalue weighted by Crippen LogP contribution is 2.21. The molecule has 118 valence electrons. The summed E-state index contributed by atoms with van der Waals surface area (Å²) in [5.41, 5.74) is 8.91. The molecule has 0 bridgehead atoms. The highest BCUT2D eigenvalue weighted by atomic mass is 16.5. The van der Waals surface area contributed by atoms with E-state index in [0.29, 0.717) is 19.1 Å². The monoisotopic (exact) mass is 299 g/mol. The molecule has 0 spiro atoms.